The molecule has 9 heteroatoms. The number of aryl methyl sites for hydroxylation is 1. The first-order chi connectivity index (χ1) is 14.8. The third-order valence-corrected chi connectivity index (χ3v) is 6.63. The predicted molar refractivity (Wildman–Crippen MR) is 123 cm³/mol. The molecule has 2 aromatic carbocycles. The summed E-state index contributed by atoms with van der Waals surface area (Å²) in [7, 11) is -3.68. The lowest BCUT2D eigenvalue weighted by Crippen LogP contribution is -2.24. The van der Waals surface area contributed by atoms with Gasteiger partial charge in [0.2, 0.25) is 5.91 Å². The molecule has 0 atom stereocenters. The van der Waals surface area contributed by atoms with Gasteiger partial charge in [-0.3, -0.25) is 14.3 Å². The van der Waals surface area contributed by atoms with Gasteiger partial charge in [-0.1, -0.05) is 23.8 Å². The molecule has 0 fully saturated rings. The molecule has 0 aliphatic rings. The van der Waals surface area contributed by atoms with Crippen LogP contribution in [0.5, 0.6) is 0 Å². The molecule has 162 valence electrons. The van der Waals surface area contributed by atoms with Gasteiger partial charge in [0.15, 0.2) is 0 Å². The number of rotatable bonds is 9. The minimum Gasteiger partial charge on any atom is -0.351 e. The molecule has 0 unspecified atom stereocenters. The molecule has 7 nitrogen and oxygen atoms in total. The maximum Gasteiger partial charge on any atom is 0.261 e. The Balaban J connectivity index is 1.44. The summed E-state index contributed by atoms with van der Waals surface area (Å²) in [5.74, 6) is -0.322. The van der Waals surface area contributed by atoms with Crippen LogP contribution in [0.25, 0.3) is 0 Å². The molecule has 31 heavy (non-hydrogen) atoms. The average Bonchev–Trinajstić information content (AvgIpc) is 3.28. The fraction of sp³-hybridized carbons (Fsp3) is 0.182. The van der Waals surface area contributed by atoms with Crippen LogP contribution in [0.1, 0.15) is 28.1 Å². The molecule has 3 N–H and O–H groups in total. The van der Waals surface area contributed by atoms with Gasteiger partial charge in [0.05, 0.1) is 9.77 Å². The molecule has 0 aliphatic heterocycles. The monoisotopic (exact) mass is 457 g/mol. The standard InChI is InChI=1S/C22H23N3O4S2/c1-16-6-12-19(13-7-16)31(28,29)25-18-10-8-17(9-11-18)24-21(26)5-2-14-23-22(27)20-4-3-15-30-20/h3-4,6-13,15,25H,2,5,14H2,1H3,(H,23,27)(H,24,26). The summed E-state index contributed by atoms with van der Waals surface area (Å²) in [6.45, 7) is 2.29. The Hall–Kier alpha value is -3.17. The van der Waals surface area contributed by atoms with E-state index < -0.39 is 10.0 Å². The van der Waals surface area contributed by atoms with Gasteiger partial charge in [0.1, 0.15) is 0 Å². The maximum absolute atomic E-state index is 12.4. The molecule has 0 saturated heterocycles. The van der Waals surface area contributed by atoms with Gasteiger partial charge in [-0.05, 0) is 61.2 Å². The van der Waals surface area contributed by atoms with Crippen molar-refractivity contribution < 1.29 is 18.0 Å². The molecule has 3 rings (SSSR count). The third-order valence-electron chi connectivity index (χ3n) is 4.36. The van der Waals surface area contributed by atoms with Crippen LogP contribution in [0.3, 0.4) is 0 Å². The first kappa shape index (κ1) is 22.5. The number of amides is 2. The Morgan fingerprint density at radius 1 is 0.935 bits per heavy atom. The second kappa shape index (κ2) is 10.2. The van der Waals surface area contributed by atoms with Crippen molar-refractivity contribution in [3.8, 4) is 0 Å². The lowest BCUT2D eigenvalue weighted by Gasteiger charge is -2.10. The van der Waals surface area contributed by atoms with Crippen molar-refractivity contribution in [3.63, 3.8) is 0 Å². The summed E-state index contributed by atoms with van der Waals surface area (Å²) < 4.78 is 27.4. The predicted octanol–water partition coefficient (Wildman–Crippen LogP) is 4.01. The summed E-state index contributed by atoms with van der Waals surface area (Å²) in [5.41, 5.74) is 1.93. The summed E-state index contributed by atoms with van der Waals surface area (Å²) in [6.07, 6.45) is 0.768. The quantitative estimate of drug-likeness (QED) is 0.422. The second-order valence-electron chi connectivity index (χ2n) is 6.88. The highest BCUT2D eigenvalue weighted by Gasteiger charge is 2.14. The number of carbonyl (C=O) groups excluding carboxylic acids is 2. The zero-order valence-corrected chi connectivity index (χ0v) is 18.6. The highest BCUT2D eigenvalue weighted by atomic mass is 32.2. The van der Waals surface area contributed by atoms with Gasteiger partial charge in [-0.25, -0.2) is 8.42 Å². The molecule has 0 saturated carbocycles. The zero-order chi connectivity index (χ0) is 22.3. The number of anilines is 2. The number of nitrogens with one attached hydrogen (secondary N) is 3. The smallest absolute Gasteiger partial charge is 0.261 e. The fourth-order valence-electron chi connectivity index (χ4n) is 2.72. The van der Waals surface area contributed by atoms with Crippen LogP contribution < -0.4 is 15.4 Å². The number of hydrogen-bond donors (Lipinski definition) is 3. The van der Waals surface area contributed by atoms with Gasteiger partial charge in [-0.15, -0.1) is 11.3 Å². The first-order valence-electron chi connectivity index (χ1n) is 9.64. The highest BCUT2D eigenvalue weighted by Crippen LogP contribution is 2.19. The number of thiophene rings is 1. The van der Waals surface area contributed by atoms with Crippen molar-refractivity contribution in [1.82, 2.24) is 5.32 Å². The molecule has 1 aromatic heterocycles. The number of benzene rings is 2. The van der Waals surface area contributed by atoms with E-state index in [4.69, 9.17) is 0 Å². The van der Waals surface area contributed by atoms with E-state index in [2.05, 4.69) is 15.4 Å². The van der Waals surface area contributed by atoms with E-state index >= 15 is 0 Å². The van der Waals surface area contributed by atoms with Crippen LogP contribution in [0.15, 0.2) is 70.9 Å². The largest absolute Gasteiger partial charge is 0.351 e. The molecule has 1 heterocycles. The van der Waals surface area contributed by atoms with Crippen LogP contribution in [-0.4, -0.2) is 26.8 Å². The van der Waals surface area contributed by atoms with E-state index in [0.29, 0.717) is 29.2 Å². The van der Waals surface area contributed by atoms with Crippen molar-refractivity contribution in [2.45, 2.75) is 24.7 Å². The van der Waals surface area contributed by atoms with Crippen LogP contribution in [0.2, 0.25) is 0 Å². The molecule has 0 bridgehead atoms. The lowest BCUT2D eigenvalue weighted by atomic mass is 10.2. The highest BCUT2D eigenvalue weighted by molar-refractivity contribution is 7.92. The molecule has 0 aliphatic carbocycles. The third kappa shape index (κ3) is 6.66. The van der Waals surface area contributed by atoms with Crippen molar-refractivity contribution >= 4 is 44.5 Å². The average molecular weight is 458 g/mol. The molecular formula is C22H23N3O4S2. The van der Waals surface area contributed by atoms with Gasteiger partial charge in [0, 0.05) is 24.3 Å². The SMILES string of the molecule is Cc1ccc(S(=O)(=O)Nc2ccc(NC(=O)CCCNC(=O)c3cccs3)cc2)cc1. The maximum atomic E-state index is 12.4. The number of carbonyl (C=O) groups is 2. The van der Waals surface area contributed by atoms with E-state index in [1.807, 2.05) is 18.4 Å². The van der Waals surface area contributed by atoms with Crippen molar-refractivity contribution in [2.75, 3.05) is 16.6 Å². The van der Waals surface area contributed by atoms with Crippen molar-refractivity contribution in [2.24, 2.45) is 0 Å². The Bertz CT molecular complexity index is 1120. The summed E-state index contributed by atoms with van der Waals surface area (Å²) in [4.78, 5) is 24.7. The van der Waals surface area contributed by atoms with Gasteiger partial charge in [0.25, 0.3) is 15.9 Å². The van der Waals surface area contributed by atoms with E-state index in [1.54, 1.807) is 54.6 Å². The molecule has 2 amide bonds. The number of sulfonamides is 1. The molecule has 3 aromatic rings. The van der Waals surface area contributed by atoms with Crippen LogP contribution in [0, 0.1) is 6.92 Å². The van der Waals surface area contributed by atoms with Crippen LogP contribution >= 0.6 is 11.3 Å². The summed E-state index contributed by atoms with van der Waals surface area (Å²) in [5, 5.41) is 7.37. The Kier molecular flexibility index (Phi) is 7.43. The summed E-state index contributed by atoms with van der Waals surface area (Å²) in [6, 6.07) is 16.6. The van der Waals surface area contributed by atoms with Gasteiger partial charge >= 0.3 is 0 Å². The lowest BCUT2D eigenvalue weighted by molar-refractivity contribution is -0.116. The van der Waals surface area contributed by atoms with Crippen molar-refractivity contribution in [1.29, 1.82) is 0 Å². The first-order valence-corrected chi connectivity index (χ1v) is 12.0. The Labute approximate surface area is 185 Å². The van der Waals surface area contributed by atoms with E-state index in [-0.39, 0.29) is 23.1 Å². The summed E-state index contributed by atoms with van der Waals surface area (Å²) >= 11 is 1.37. The normalized spacial score (nSPS) is 11.0. The van der Waals surface area contributed by atoms with Crippen LogP contribution in [-0.2, 0) is 14.8 Å². The van der Waals surface area contributed by atoms with E-state index in [9.17, 15) is 18.0 Å². The Morgan fingerprint density at radius 2 is 1.61 bits per heavy atom. The second-order valence-corrected chi connectivity index (χ2v) is 9.51. The zero-order valence-electron chi connectivity index (χ0n) is 16.9. The minimum absolute atomic E-state index is 0.140. The molecular weight excluding hydrogens is 434 g/mol. The minimum atomic E-state index is -3.68. The number of hydrogen-bond acceptors (Lipinski definition) is 5. The topological polar surface area (TPSA) is 104 Å². The van der Waals surface area contributed by atoms with Gasteiger partial charge in [-0.2, -0.15) is 0 Å². The van der Waals surface area contributed by atoms with Crippen molar-refractivity contribution in [3.05, 3.63) is 76.5 Å². The van der Waals surface area contributed by atoms with E-state index in [0.717, 1.165) is 5.56 Å². The fourth-order valence-corrected chi connectivity index (χ4v) is 4.42. The molecule has 0 spiro atoms. The Morgan fingerprint density at radius 3 is 2.26 bits per heavy atom. The van der Waals surface area contributed by atoms with Crippen LogP contribution in [0.4, 0.5) is 11.4 Å². The van der Waals surface area contributed by atoms with Gasteiger partial charge < -0.3 is 10.6 Å². The van der Waals surface area contributed by atoms with E-state index in [1.165, 1.54) is 11.3 Å². The molecule has 0 radical (unpaired) electrons.